The molecule has 5 nitrogen and oxygen atoms in total. The van der Waals surface area contributed by atoms with Crippen LogP contribution in [0.1, 0.15) is 64.7 Å². The Morgan fingerprint density at radius 1 is 1.00 bits per heavy atom. The minimum atomic E-state index is -1.18. The molecule has 0 bridgehead atoms. The minimum absolute atomic E-state index is 0.0446. The van der Waals surface area contributed by atoms with Crippen molar-refractivity contribution in [1.82, 2.24) is 0 Å². The number of aliphatic carboxylic acids is 1. The Labute approximate surface area is 127 Å². The third-order valence-corrected chi connectivity index (χ3v) is 3.23. The van der Waals surface area contributed by atoms with Crippen molar-refractivity contribution in [1.29, 1.82) is 0 Å². The lowest BCUT2D eigenvalue weighted by Crippen LogP contribution is -2.18. The molecular formula is C16H28O5. The molecule has 0 amide bonds. The average Bonchev–Trinajstić information content (AvgIpc) is 2.44. The van der Waals surface area contributed by atoms with E-state index in [2.05, 4.69) is 6.92 Å². The lowest BCUT2D eigenvalue weighted by atomic mass is 10.0. The Hall–Kier alpha value is -1.36. The van der Waals surface area contributed by atoms with Crippen LogP contribution in [-0.4, -0.2) is 34.9 Å². The fourth-order valence-electron chi connectivity index (χ4n) is 2.08. The van der Waals surface area contributed by atoms with Crippen LogP contribution in [0.25, 0.3) is 0 Å². The number of carboxylic acid groups (broad SMARTS) is 1. The zero-order valence-electron chi connectivity index (χ0n) is 12.9. The highest BCUT2D eigenvalue weighted by atomic mass is 16.5. The number of esters is 1. The maximum Gasteiger partial charge on any atom is 0.331 e. The monoisotopic (exact) mass is 300 g/mol. The molecule has 21 heavy (non-hydrogen) atoms. The summed E-state index contributed by atoms with van der Waals surface area (Å²) in [5.74, 6) is -1.85. The molecule has 0 saturated carbocycles. The van der Waals surface area contributed by atoms with Crippen molar-refractivity contribution < 1.29 is 24.5 Å². The summed E-state index contributed by atoms with van der Waals surface area (Å²) in [6, 6.07) is 0. The molecule has 0 fully saturated rings. The highest BCUT2D eigenvalue weighted by Crippen LogP contribution is 2.13. The van der Waals surface area contributed by atoms with Gasteiger partial charge < -0.3 is 14.9 Å². The van der Waals surface area contributed by atoms with E-state index < -0.39 is 11.9 Å². The highest BCUT2D eigenvalue weighted by Gasteiger charge is 2.12. The van der Waals surface area contributed by atoms with Crippen LogP contribution in [0.5, 0.6) is 0 Å². The molecule has 0 radical (unpaired) electrons. The number of carbonyl (C=O) groups is 2. The van der Waals surface area contributed by atoms with Crippen LogP contribution in [0.4, 0.5) is 0 Å². The van der Waals surface area contributed by atoms with Crippen LogP contribution in [0.3, 0.4) is 0 Å². The van der Waals surface area contributed by atoms with Gasteiger partial charge in [0, 0.05) is 25.2 Å². The normalized spacial score (nSPS) is 12.5. The number of unbranched alkanes of at least 4 members (excludes halogenated alkanes) is 6. The fraction of sp³-hybridized carbons (Fsp3) is 0.750. The van der Waals surface area contributed by atoms with Crippen molar-refractivity contribution in [3.8, 4) is 0 Å². The minimum Gasteiger partial charge on any atom is -0.478 e. The maximum absolute atomic E-state index is 11.4. The van der Waals surface area contributed by atoms with Crippen molar-refractivity contribution >= 4 is 11.9 Å². The van der Waals surface area contributed by atoms with Gasteiger partial charge in [-0.2, -0.15) is 0 Å². The lowest BCUT2D eigenvalue weighted by molar-refractivity contribution is -0.144. The average molecular weight is 300 g/mol. The van der Waals surface area contributed by atoms with Crippen LogP contribution < -0.4 is 0 Å². The van der Waals surface area contributed by atoms with E-state index in [1.807, 2.05) is 0 Å². The molecule has 5 heteroatoms. The van der Waals surface area contributed by atoms with E-state index in [1.165, 1.54) is 32.1 Å². The van der Waals surface area contributed by atoms with Gasteiger partial charge in [-0.05, 0) is 12.8 Å². The first-order valence-corrected chi connectivity index (χ1v) is 7.82. The first-order chi connectivity index (χ1) is 10.1. The van der Waals surface area contributed by atoms with E-state index in [4.69, 9.17) is 14.9 Å². The Balaban J connectivity index is 3.85. The van der Waals surface area contributed by atoms with Gasteiger partial charge in [0.1, 0.15) is 6.10 Å². The number of ether oxygens (including phenoxy) is 1. The van der Waals surface area contributed by atoms with Crippen LogP contribution in [-0.2, 0) is 14.3 Å². The standard InChI is InChI=1S/C16H28O5/c1-2-3-4-5-6-7-8-9-14(12-13-17)21-16(20)11-10-15(18)19/h10-11,14,17H,2-9,12-13H2,1H3,(H,18,19)/b11-10-. The van der Waals surface area contributed by atoms with Gasteiger partial charge in [-0.25, -0.2) is 9.59 Å². The summed E-state index contributed by atoms with van der Waals surface area (Å²) < 4.78 is 5.14. The second-order valence-corrected chi connectivity index (χ2v) is 5.15. The quantitative estimate of drug-likeness (QED) is 0.310. The van der Waals surface area contributed by atoms with Gasteiger partial charge in [-0.15, -0.1) is 0 Å². The predicted molar refractivity (Wildman–Crippen MR) is 81.0 cm³/mol. The number of hydrogen-bond donors (Lipinski definition) is 2. The largest absolute Gasteiger partial charge is 0.478 e. The Kier molecular flexibility index (Phi) is 12.7. The topological polar surface area (TPSA) is 83.8 Å². The molecule has 0 aromatic heterocycles. The molecule has 0 aliphatic heterocycles. The molecule has 0 aromatic rings. The highest BCUT2D eigenvalue weighted by molar-refractivity contribution is 5.90. The number of carboxylic acids is 1. The second-order valence-electron chi connectivity index (χ2n) is 5.15. The second kappa shape index (κ2) is 13.6. The Morgan fingerprint density at radius 2 is 1.62 bits per heavy atom. The van der Waals surface area contributed by atoms with Crippen molar-refractivity contribution in [3.63, 3.8) is 0 Å². The van der Waals surface area contributed by atoms with Gasteiger partial charge in [0.15, 0.2) is 0 Å². The molecule has 0 aromatic carbocycles. The predicted octanol–water partition coefficient (Wildman–Crippen LogP) is 3.06. The molecule has 122 valence electrons. The van der Waals surface area contributed by atoms with Crippen LogP contribution in [0.2, 0.25) is 0 Å². The third-order valence-electron chi connectivity index (χ3n) is 3.23. The lowest BCUT2D eigenvalue weighted by Gasteiger charge is -2.15. The van der Waals surface area contributed by atoms with Gasteiger partial charge in [0.25, 0.3) is 0 Å². The molecule has 0 aliphatic carbocycles. The van der Waals surface area contributed by atoms with E-state index in [9.17, 15) is 9.59 Å². The molecule has 0 heterocycles. The molecule has 0 aliphatic rings. The van der Waals surface area contributed by atoms with E-state index in [0.717, 1.165) is 25.0 Å². The first-order valence-electron chi connectivity index (χ1n) is 7.82. The number of rotatable bonds is 13. The number of hydrogen-bond acceptors (Lipinski definition) is 4. The van der Waals surface area contributed by atoms with Crippen molar-refractivity contribution in [3.05, 3.63) is 12.2 Å². The summed E-state index contributed by atoms with van der Waals surface area (Å²) in [7, 11) is 0. The van der Waals surface area contributed by atoms with Crippen molar-refractivity contribution in [2.75, 3.05) is 6.61 Å². The molecule has 1 unspecified atom stereocenters. The molecule has 0 saturated heterocycles. The first kappa shape index (κ1) is 19.6. The van der Waals surface area contributed by atoms with E-state index >= 15 is 0 Å². The van der Waals surface area contributed by atoms with Gasteiger partial charge in [-0.3, -0.25) is 0 Å². The third kappa shape index (κ3) is 13.4. The SMILES string of the molecule is CCCCCCCCCC(CCO)OC(=O)/C=C\C(=O)O. The number of carbonyl (C=O) groups excluding carboxylic acids is 1. The van der Waals surface area contributed by atoms with Crippen molar-refractivity contribution in [2.45, 2.75) is 70.8 Å². The summed E-state index contributed by atoms with van der Waals surface area (Å²) >= 11 is 0. The van der Waals surface area contributed by atoms with Crippen LogP contribution in [0.15, 0.2) is 12.2 Å². The smallest absolute Gasteiger partial charge is 0.331 e. The number of aliphatic hydroxyl groups is 1. The zero-order chi connectivity index (χ0) is 15.9. The van der Waals surface area contributed by atoms with E-state index in [0.29, 0.717) is 12.8 Å². The fourth-order valence-corrected chi connectivity index (χ4v) is 2.08. The Morgan fingerprint density at radius 3 is 2.19 bits per heavy atom. The molecular weight excluding hydrogens is 272 g/mol. The van der Waals surface area contributed by atoms with Gasteiger partial charge in [-0.1, -0.05) is 45.4 Å². The summed E-state index contributed by atoms with van der Waals surface area (Å²) in [4.78, 5) is 21.7. The van der Waals surface area contributed by atoms with Crippen molar-refractivity contribution in [2.24, 2.45) is 0 Å². The molecule has 0 rings (SSSR count). The van der Waals surface area contributed by atoms with Crippen LogP contribution >= 0.6 is 0 Å². The van der Waals surface area contributed by atoms with E-state index in [-0.39, 0.29) is 12.7 Å². The molecule has 2 N–H and O–H groups in total. The van der Waals surface area contributed by atoms with Gasteiger partial charge in [0.2, 0.25) is 0 Å². The molecule has 1 atom stereocenters. The summed E-state index contributed by atoms with van der Waals surface area (Å²) in [6.45, 7) is 2.14. The summed E-state index contributed by atoms with van der Waals surface area (Å²) in [5, 5.41) is 17.4. The zero-order valence-corrected chi connectivity index (χ0v) is 12.9. The number of aliphatic hydroxyl groups excluding tert-OH is 1. The van der Waals surface area contributed by atoms with E-state index in [1.54, 1.807) is 0 Å². The maximum atomic E-state index is 11.4. The van der Waals surface area contributed by atoms with Gasteiger partial charge >= 0.3 is 11.9 Å². The summed E-state index contributed by atoms with van der Waals surface area (Å²) in [5.41, 5.74) is 0. The molecule has 0 spiro atoms. The van der Waals surface area contributed by atoms with Gasteiger partial charge in [0.05, 0.1) is 0 Å². The Bertz CT molecular complexity index is 312. The van der Waals surface area contributed by atoms with Crippen LogP contribution in [0, 0.1) is 0 Å². The summed E-state index contributed by atoms with van der Waals surface area (Å²) in [6.07, 6.45) is 10.7.